The zero-order valence-corrected chi connectivity index (χ0v) is 17.2. The molecule has 3 rings (SSSR count). The lowest BCUT2D eigenvalue weighted by atomic mass is 10.0. The maximum absolute atomic E-state index is 13.0. The second kappa shape index (κ2) is 8.35. The Labute approximate surface area is 169 Å². The number of aryl methyl sites for hydroxylation is 1. The van der Waals surface area contributed by atoms with Crippen molar-refractivity contribution in [1.29, 1.82) is 0 Å². The lowest BCUT2D eigenvalue weighted by molar-refractivity contribution is -0.644. The molecule has 0 aliphatic carbocycles. The molecule has 0 radical (unpaired) electrons. The van der Waals surface area contributed by atoms with Gasteiger partial charge >= 0.3 is 0 Å². The number of nitrogens with zero attached hydrogens (tertiary/aromatic N) is 1. The number of ether oxygens (including phenoxy) is 3. The number of carbonyl (C=O) groups is 1. The summed E-state index contributed by atoms with van der Waals surface area (Å²) < 4.78 is 18.0. The van der Waals surface area contributed by atoms with Gasteiger partial charge in [-0.25, -0.2) is 4.57 Å². The van der Waals surface area contributed by atoms with Gasteiger partial charge in [0.15, 0.2) is 23.5 Å². The van der Waals surface area contributed by atoms with E-state index in [1.54, 1.807) is 12.1 Å². The van der Waals surface area contributed by atoms with Gasteiger partial charge in [-0.05, 0) is 30.3 Å². The van der Waals surface area contributed by atoms with Crippen molar-refractivity contribution in [3.63, 3.8) is 0 Å². The lowest BCUT2D eigenvalue weighted by Crippen LogP contribution is -3.00. The van der Waals surface area contributed by atoms with Gasteiger partial charge in [-0.1, -0.05) is 0 Å². The predicted molar refractivity (Wildman–Crippen MR) is 94.7 cm³/mol. The molecule has 0 aliphatic rings. The average molecular weight is 465 g/mol. The molecule has 2 aromatic carbocycles. The number of rotatable bonds is 5. The van der Waals surface area contributed by atoms with Gasteiger partial charge in [0, 0.05) is 28.6 Å². The molecule has 0 unspecified atom stereocenters. The Morgan fingerprint density at radius 3 is 2.12 bits per heavy atom. The minimum atomic E-state index is -0.104. The first-order chi connectivity index (χ1) is 12.1. The van der Waals surface area contributed by atoms with Crippen molar-refractivity contribution in [3.05, 3.63) is 59.8 Å². The zero-order valence-electron chi connectivity index (χ0n) is 15.1. The van der Waals surface area contributed by atoms with Crippen LogP contribution in [0, 0.1) is 0 Å². The molecule has 26 heavy (non-hydrogen) atoms. The van der Waals surface area contributed by atoms with Crippen LogP contribution in [0.3, 0.4) is 0 Å². The quantitative estimate of drug-likeness (QED) is 0.301. The first-order valence-corrected chi connectivity index (χ1v) is 7.82. The van der Waals surface area contributed by atoms with E-state index < -0.39 is 0 Å². The van der Waals surface area contributed by atoms with Crippen LogP contribution in [-0.4, -0.2) is 27.1 Å². The molecule has 136 valence electrons. The number of carbonyl (C=O) groups excluding carboxylic acids is 1. The van der Waals surface area contributed by atoms with Crippen LogP contribution in [0.2, 0.25) is 0 Å². The minimum Gasteiger partial charge on any atom is -1.00 e. The molecular formula is C20H20INO4. The maximum Gasteiger partial charge on any atom is 0.212 e. The molecular weight excluding hydrogens is 445 g/mol. The molecule has 0 aliphatic heterocycles. The Morgan fingerprint density at radius 1 is 0.885 bits per heavy atom. The number of ketones is 1. The standard InChI is InChI=1S/C20H20NO4.HI/c1-21-9-5-6-13-10-14(7-8-16(13)21)19(22)15-11-17(23-2)20(25-4)18(12-15)24-3;/h5-12H,1-4H3;1H/q+1;/p-1. The molecule has 0 N–H and O–H groups in total. The molecule has 0 fully saturated rings. The van der Waals surface area contributed by atoms with Gasteiger partial charge in [-0.2, -0.15) is 0 Å². The fourth-order valence-corrected chi connectivity index (χ4v) is 2.89. The van der Waals surface area contributed by atoms with E-state index in [9.17, 15) is 4.79 Å². The fraction of sp³-hybridized carbons (Fsp3) is 0.200. The van der Waals surface area contributed by atoms with Crippen LogP contribution in [-0.2, 0) is 7.05 Å². The molecule has 0 saturated carbocycles. The first-order valence-electron chi connectivity index (χ1n) is 7.82. The number of fused-ring (bicyclic) bond motifs is 1. The maximum atomic E-state index is 13.0. The van der Waals surface area contributed by atoms with Crippen LogP contribution in [0.5, 0.6) is 17.2 Å². The number of aromatic nitrogens is 1. The van der Waals surface area contributed by atoms with E-state index >= 15 is 0 Å². The summed E-state index contributed by atoms with van der Waals surface area (Å²) in [6, 6.07) is 12.9. The Kier molecular flexibility index (Phi) is 6.42. The van der Waals surface area contributed by atoms with Crippen molar-refractivity contribution < 1.29 is 47.5 Å². The first kappa shape index (κ1) is 20.0. The fourth-order valence-electron chi connectivity index (χ4n) is 2.89. The van der Waals surface area contributed by atoms with Crippen LogP contribution in [0.25, 0.3) is 10.9 Å². The summed E-state index contributed by atoms with van der Waals surface area (Å²) in [6.07, 6.45) is 1.98. The second-order valence-electron chi connectivity index (χ2n) is 5.64. The second-order valence-corrected chi connectivity index (χ2v) is 5.64. The van der Waals surface area contributed by atoms with Crippen molar-refractivity contribution in [3.8, 4) is 17.2 Å². The Morgan fingerprint density at radius 2 is 1.54 bits per heavy atom. The topological polar surface area (TPSA) is 48.6 Å². The molecule has 0 bridgehead atoms. The molecule has 3 aromatic rings. The average Bonchev–Trinajstić information content (AvgIpc) is 2.66. The zero-order chi connectivity index (χ0) is 18.0. The van der Waals surface area contributed by atoms with Gasteiger partial charge in [0.1, 0.15) is 7.05 Å². The number of pyridine rings is 1. The molecule has 1 heterocycles. The number of halogens is 1. The van der Waals surface area contributed by atoms with Crippen molar-refractivity contribution in [2.45, 2.75) is 0 Å². The number of benzene rings is 2. The normalized spacial score (nSPS) is 10.2. The number of hydrogen-bond acceptors (Lipinski definition) is 4. The molecule has 6 heteroatoms. The van der Waals surface area contributed by atoms with Crippen molar-refractivity contribution in [1.82, 2.24) is 0 Å². The number of methoxy groups -OCH3 is 3. The summed E-state index contributed by atoms with van der Waals surface area (Å²) in [5.74, 6) is 1.27. The summed E-state index contributed by atoms with van der Waals surface area (Å²) in [5.41, 5.74) is 2.14. The van der Waals surface area contributed by atoms with Crippen molar-refractivity contribution in [2.75, 3.05) is 21.3 Å². The molecule has 1 aromatic heterocycles. The largest absolute Gasteiger partial charge is 1.00 e. The van der Waals surface area contributed by atoms with Crippen LogP contribution < -0.4 is 42.8 Å². The third kappa shape index (κ3) is 3.60. The Balaban J connectivity index is 0.00000243. The van der Waals surface area contributed by atoms with Crippen LogP contribution in [0.1, 0.15) is 15.9 Å². The van der Waals surface area contributed by atoms with Gasteiger partial charge in [0.25, 0.3) is 0 Å². The summed E-state index contributed by atoms with van der Waals surface area (Å²) in [7, 11) is 6.57. The Bertz CT molecular complexity index is 931. The highest BCUT2D eigenvalue weighted by Crippen LogP contribution is 2.38. The monoisotopic (exact) mass is 465 g/mol. The van der Waals surface area contributed by atoms with Gasteiger partial charge < -0.3 is 38.2 Å². The van der Waals surface area contributed by atoms with Crippen LogP contribution in [0.15, 0.2) is 48.7 Å². The van der Waals surface area contributed by atoms with Gasteiger partial charge in [-0.3, -0.25) is 4.79 Å². The number of hydrogen-bond donors (Lipinski definition) is 0. The van der Waals surface area contributed by atoms with E-state index in [1.807, 2.05) is 48.1 Å². The third-order valence-corrected chi connectivity index (χ3v) is 4.18. The van der Waals surface area contributed by atoms with E-state index in [2.05, 4.69) is 0 Å². The smallest absolute Gasteiger partial charge is 0.212 e. The van der Waals surface area contributed by atoms with Crippen LogP contribution >= 0.6 is 0 Å². The van der Waals surface area contributed by atoms with E-state index in [4.69, 9.17) is 14.2 Å². The highest BCUT2D eigenvalue weighted by atomic mass is 127. The van der Waals surface area contributed by atoms with E-state index in [-0.39, 0.29) is 29.8 Å². The summed E-state index contributed by atoms with van der Waals surface area (Å²) in [4.78, 5) is 13.0. The highest BCUT2D eigenvalue weighted by Gasteiger charge is 2.19. The Hall–Kier alpha value is -2.35. The van der Waals surface area contributed by atoms with E-state index in [0.29, 0.717) is 28.4 Å². The predicted octanol–water partition coefficient (Wildman–Crippen LogP) is -0.0749. The molecule has 0 saturated heterocycles. The summed E-state index contributed by atoms with van der Waals surface area (Å²) in [6.45, 7) is 0. The van der Waals surface area contributed by atoms with Crippen LogP contribution in [0.4, 0.5) is 0 Å². The third-order valence-electron chi connectivity index (χ3n) is 4.18. The molecule has 0 spiro atoms. The molecule has 0 atom stereocenters. The van der Waals surface area contributed by atoms with E-state index in [0.717, 1.165) is 10.9 Å². The molecule has 0 amide bonds. The minimum absolute atomic E-state index is 0. The van der Waals surface area contributed by atoms with Gasteiger partial charge in [0.2, 0.25) is 11.3 Å². The summed E-state index contributed by atoms with van der Waals surface area (Å²) >= 11 is 0. The van der Waals surface area contributed by atoms with E-state index in [1.165, 1.54) is 21.3 Å². The van der Waals surface area contributed by atoms with Crippen molar-refractivity contribution in [2.24, 2.45) is 7.05 Å². The SMILES string of the molecule is COc1cc(C(=O)c2ccc3c(ccc[n+]3C)c2)cc(OC)c1OC.[I-]. The lowest BCUT2D eigenvalue weighted by Gasteiger charge is -2.13. The van der Waals surface area contributed by atoms with Gasteiger partial charge in [0.05, 0.1) is 21.3 Å². The van der Waals surface area contributed by atoms with Gasteiger partial charge in [-0.15, -0.1) is 0 Å². The molecule has 5 nitrogen and oxygen atoms in total. The highest BCUT2D eigenvalue weighted by molar-refractivity contribution is 6.11. The summed E-state index contributed by atoms with van der Waals surface area (Å²) in [5, 5.41) is 1.00. The van der Waals surface area contributed by atoms with Crippen molar-refractivity contribution >= 4 is 16.7 Å².